The summed E-state index contributed by atoms with van der Waals surface area (Å²) in [4.78, 5) is 10.2. The van der Waals surface area contributed by atoms with Crippen molar-refractivity contribution in [1.29, 1.82) is 0 Å². The van der Waals surface area contributed by atoms with E-state index in [0.29, 0.717) is 5.82 Å². The van der Waals surface area contributed by atoms with Crippen molar-refractivity contribution in [2.24, 2.45) is 0 Å². The van der Waals surface area contributed by atoms with Gasteiger partial charge in [-0.15, -0.1) is 0 Å². The quantitative estimate of drug-likeness (QED) is 0.175. The molecule has 4 aromatic heterocycles. The minimum atomic E-state index is 0.696. The summed E-state index contributed by atoms with van der Waals surface area (Å²) >= 11 is 0. The molecule has 0 unspecified atom stereocenters. The largest absolute Gasteiger partial charge is 0.456 e. The van der Waals surface area contributed by atoms with E-state index >= 15 is 0 Å². The lowest BCUT2D eigenvalue weighted by Crippen LogP contribution is -1.97. The third-order valence-electron chi connectivity index (χ3n) is 12.3. The van der Waals surface area contributed by atoms with E-state index < -0.39 is 0 Å². The first-order chi connectivity index (χ1) is 30.2. The normalized spacial score (nSPS) is 11.9. The molecule has 0 saturated carbocycles. The Morgan fingerprint density at radius 3 is 1.77 bits per heavy atom. The molecule has 4 heterocycles. The molecule has 0 N–H and O–H groups in total. The second-order valence-corrected chi connectivity index (χ2v) is 15.7. The van der Waals surface area contributed by atoms with Crippen LogP contribution in [0.15, 0.2) is 211 Å². The monoisotopic (exact) mass is 778 g/mol. The summed E-state index contributed by atoms with van der Waals surface area (Å²) in [7, 11) is 0. The number of hydrogen-bond acceptors (Lipinski definition) is 3. The molecule has 13 aromatic rings. The molecule has 284 valence electrons. The van der Waals surface area contributed by atoms with E-state index in [2.05, 4.69) is 191 Å². The highest BCUT2D eigenvalue weighted by atomic mass is 16.3. The number of furan rings is 1. The van der Waals surface area contributed by atoms with E-state index in [4.69, 9.17) is 14.4 Å². The van der Waals surface area contributed by atoms with Gasteiger partial charge in [0.1, 0.15) is 11.2 Å². The standard InChI is InChI=1S/C56H34N4O/c1-3-14-35(15-4-1)38-18-13-19-40(32-38)60-47-24-11-8-22-43(47)53-48(60)30-31-49-54(53)45-33-44-41-20-9-12-25-51(41)61-52(44)34-50(45)59(49)39-28-26-37(27-29-39)56-57-46-23-10-7-21-42(46)55(58-56)36-16-5-2-6-17-36/h1-34H. The second-order valence-electron chi connectivity index (χ2n) is 15.7. The van der Waals surface area contributed by atoms with Crippen molar-refractivity contribution in [2.45, 2.75) is 0 Å². The predicted octanol–water partition coefficient (Wildman–Crippen LogP) is 14.7. The summed E-state index contributed by atoms with van der Waals surface area (Å²) in [5, 5.41) is 8.08. The fraction of sp³-hybridized carbons (Fsp3) is 0. The van der Waals surface area contributed by atoms with E-state index in [0.717, 1.165) is 77.6 Å². The molecule has 9 aromatic carbocycles. The molecule has 61 heavy (non-hydrogen) atoms. The Labute approximate surface area is 350 Å². The van der Waals surface area contributed by atoms with Gasteiger partial charge in [-0.1, -0.05) is 127 Å². The fourth-order valence-corrected chi connectivity index (χ4v) is 9.58. The van der Waals surface area contributed by atoms with Gasteiger partial charge in [0.2, 0.25) is 0 Å². The van der Waals surface area contributed by atoms with Crippen LogP contribution < -0.4 is 0 Å². The lowest BCUT2D eigenvalue weighted by molar-refractivity contribution is 0.669. The Hall–Kier alpha value is -8.28. The number of fused-ring (bicyclic) bond motifs is 11. The van der Waals surface area contributed by atoms with E-state index in [1.165, 1.54) is 38.2 Å². The first-order valence-electron chi connectivity index (χ1n) is 20.7. The second kappa shape index (κ2) is 13.1. The zero-order valence-electron chi connectivity index (χ0n) is 32.8. The molecule has 0 aliphatic rings. The number of rotatable bonds is 5. The first kappa shape index (κ1) is 33.7. The third-order valence-corrected chi connectivity index (χ3v) is 12.3. The Balaban J connectivity index is 1.06. The van der Waals surface area contributed by atoms with E-state index in [-0.39, 0.29) is 0 Å². The lowest BCUT2D eigenvalue weighted by Gasteiger charge is -2.12. The van der Waals surface area contributed by atoms with Gasteiger partial charge in [0, 0.05) is 66.3 Å². The van der Waals surface area contributed by atoms with Gasteiger partial charge < -0.3 is 13.6 Å². The highest BCUT2D eigenvalue weighted by Gasteiger charge is 2.23. The third kappa shape index (κ3) is 5.14. The number of benzene rings is 9. The minimum Gasteiger partial charge on any atom is -0.456 e. The molecule has 0 atom stereocenters. The molecule has 0 saturated heterocycles. The maximum absolute atomic E-state index is 6.54. The Morgan fingerprint density at radius 2 is 0.967 bits per heavy atom. The molecule has 0 radical (unpaired) electrons. The minimum absolute atomic E-state index is 0.696. The zero-order valence-corrected chi connectivity index (χ0v) is 32.8. The van der Waals surface area contributed by atoms with Gasteiger partial charge in [0.25, 0.3) is 0 Å². The lowest BCUT2D eigenvalue weighted by atomic mass is 10.0. The average molecular weight is 779 g/mol. The summed E-state index contributed by atoms with van der Waals surface area (Å²) in [6, 6.07) is 73.1. The zero-order chi connectivity index (χ0) is 40.0. The molecular weight excluding hydrogens is 745 g/mol. The summed E-state index contributed by atoms with van der Waals surface area (Å²) in [5.41, 5.74) is 14.7. The van der Waals surface area contributed by atoms with Gasteiger partial charge in [-0.3, -0.25) is 0 Å². The molecule has 0 spiro atoms. The van der Waals surface area contributed by atoms with Crippen LogP contribution >= 0.6 is 0 Å². The van der Waals surface area contributed by atoms with Crippen LogP contribution in [0, 0.1) is 0 Å². The molecule has 0 aliphatic heterocycles. The highest BCUT2D eigenvalue weighted by Crippen LogP contribution is 2.45. The van der Waals surface area contributed by atoms with Crippen LogP contribution in [0.4, 0.5) is 0 Å². The van der Waals surface area contributed by atoms with Crippen LogP contribution in [-0.2, 0) is 0 Å². The van der Waals surface area contributed by atoms with Crippen LogP contribution in [0.5, 0.6) is 0 Å². The Morgan fingerprint density at radius 1 is 0.328 bits per heavy atom. The van der Waals surface area contributed by atoms with Crippen molar-refractivity contribution in [3.05, 3.63) is 206 Å². The van der Waals surface area contributed by atoms with Crippen molar-refractivity contribution in [3.8, 4) is 45.1 Å². The summed E-state index contributed by atoms with van der Waals surface area (Å²) in [5.74, 6) is 0.696. The summed E-state index contributed by atoms with van der Waals surface area (Å²) in [6.07, 6.45) is 0. The molecule has 5 nitrogen and oxygen atoms in total. The van der Waals surface area contributed by atoms with Crippen molar-refractivity contribution >= 4 is 76.5 Å². The number of nitrogens with zero attached hydrogens (tertiary/aromatic N) is 4. The highest BCUT2D eigenvalue weighted by molar-refractivity contribution is 6.30. The maximum atomic E-state index is 6.54. The number of para-hydroxylation sites is 3. The Bertz CT molecular complexity index is 3860. The van der Waals surface area contributed by atoms with Crippen molar-refractivity contribution in [1.82, 2.24) is 19.1 Å². The van der Waals surface area contributed by atoms with Crippen LogP contribution in [-0.4, -0.2) is 19.1 Å². The van der Waals surface area contributed by atoms with Gasteiger partial charge >= 0.3 is 0 Å². The van der Waals surface area contributed by atoms with Gasteiger partial charge in [-0.05, 0) is 83.9 Å². The van der Waals surface area contributed by atoms with Crippen LogP contribution in [0.3, 0.4) is 0 Å². The summed E-state index contributed by atoms with van der Waals surface area (Å²) in [6.45, 7) is 0. The van der Waals surface area contributed by atoms with Gasteiger partial charge in [0.15, 0.2) is 5.82 Å². The number of hydrogen-bond donors (Lipinski definition) is 0. The summed E-state index contributed by atoms with van der Waals surface area (Å²) < 4.78 is 11.4. The van der Waals surface area contributed by atoms with Gasteiger partial charge in [-0.2, -0.15) is 0 Å². The van der Waals surface area contributed by atoms with Crippen LogP contribution in [0.2, 0.25) is 0 Å². The van der Waals surface area contributed by atoms with Crippen molar-refractivity contribution < 1.29 is 4.42 Å². The SMILES string of the molecule is c1ccc(-c2cccc(-n3c4ccccc4c4c5c6cc7c(cc6n(-c6ccc(-c8nc(-c9ccccc9)c9ccccc9n8)cc6)c5ccc43)oc3ccccc37)c2)cc1. The number of aromatic nitrogens is 4. The Kier molecular flexibility index (Phi) is 7.24. The van der Waals surface area contributed by atoms with Gasteiger partial charge in [0.05, 0.1) is 33.3 Å². The fourth-order valence-electron chi connectivity index (χ4n) is 9.58. The molecule has 0 amide bonds. The van der Waals surface area contributed by atoms with E-state index in [1.807, 2.05) is 24.3 Å². The smallest absolute Gasteiger partial charge is 0.160 e. The van der Waals surface area contributed by atoms with E-state index in [9.17, 15) is 0 Å². The maximum Gasteiger partial charge on any atom is 0.160 e. The molecule has 5 heteroatoms. The molecule has 0 aliphatic carbocycles. The van der Waals surface area contributed by atoms with Crippen molar-refractivity contribution in [3.63, 3.8) is 0 Å². The average Bonchev–Trinajstić information content (AvgIpc) is 3.98. The molecular formula is C56H34N4O. The van der Waals surface area contributed by atoms with Gasteiger partial charge in [-0.25, -0.2) is 9.97 Å². The first-order valence-corrected chi connectivity index (χ1v) is 20.7. The molecule has 0 fully saturated rings. The van der Waals surface area contributed by atoms with E-state index in [1.54, 1.807) is 0 Å². The van der Waals surface area contributed by atoms with Crippen molar-refractivity contribution in [2.75, 3.05) is 0 Å². The van der Waals surface area contributed by atoms with Crippen LogP contribution in [0.1, 0.15) is 0 Å². The molecule has 13 rings (SSSR count). The topological polar surface area (TPSA) is 48.8 Å². The van der Waals surface area contributed by atoms with Crippen LogP contribution in [0.25, 0.3) is 122 Å². The molecule has 0 bridgehead atoms. The predicted molar refractivity (Wildman–Crippen MR) is 252 cm³/mol.